The first kappa shape index (κ1) is 14.1. The second-order valence-electron chi connectivity index (χ2n) is 5.97. The van der Waals surface area contributed by atoms with Crippen LogP contribution in [0.25, 0.3) is 0 Å². The molecule has 1 aromatic rings. The Hall–Kier alpha value is -0.810. The fourth-order valence-electron chi connectivity index (χ4n) is 2.69. The Morgan fingerprint density at radius 3 is 2.80 bits per heavy atom. The number of anilines is 1. The fraction of sp³-hybridized carbons (Fsp3) is 0.733. The molecule has 2 N–H and O–H groups in total. The SMILES string of the molecule is CCSC1CCC1(O)CNc1cc(C)nc(C2CC2)n1. The molecule has 110 valence electrons. The summed E-state index contributed by atoms with van der Waals surface area (Å²) in [5.41, 5.74) is 0.434. The molecule has 2 aliphatic rings. The van der Waals surface area contributed by atoms with Gasteiger partial charge in [-0.15, -0.1) is 0 Å². The average Bonchev–Trinajstić information content (AvgIpc) is 3.25. The standard InChI is InChI=1S/C15H23N3OS/c1-3-20-12-6-7-15(12,19)9-16-13-8-10(2)17-14(18-13)11-4-5-11/h8,11-12,19H,3-7,9H2,1-2H3,(H,16,17,18). The third-order valence-corrected chi connectivity index (χ3v) is 5.61. The predicted molar refractivity (Wildman–Crippen MR) is 83.3 cm³/mol. The van der Waals surface area contributed by atoms with Crippen molar-refractivity contribution >= 4 is 17.6 Å². The van der Waals surface area contributed by atoms with Crippen LogP contribution in [-0.2, 0) is 0 Å². The van der Waals surface area contributed by atoms with Crippen molar-refractivity contribution in [3.05, 3.63) is 17.6 Å². The van der Waals surface area contributed by atoms with E-state index in [0.717, 1.165) is 35.9 Å². The zero-order chi connectivity index (χ0) is 14.2. The van der Waals surface area contributed by atoms with E-state index in [1.807, 2.05) is 24.8 Å². The van der Waals surface area contributed by atoms with E-state index >= 15 is 0 Å². The van der Waals surface area contributed by atoms with E-state index in [2.05, 4.69) is 22.2 Å². The summed E-state index contributed by atoms with van der Waals surface area (Å²) in [5, 5.41) is 14.3. The van der Waals surface area contributed by atoms with Crippen molar-refractivity contribution in [1.82, 2.24) is 9.97 Å². The first-order chi connectivity index (χ1) is 9.60. The Morgan fingerprint density at radius 1 is 1.40 bits per heavy atom. The first-order valence-corrected chi connectivity index (χ1v) is 8.59. The van der Waals surface area contributed by atoms with Crippen LogP contribution in [0.3, 0.4) is 0 Å². The molecule has 0 radical (unpaired) electrons. The van der Waals surface area contributed by atoms with Crippen LogP contribution in [0.15, 0.2) is 6.07 Å². The quantitative estimate of drug-likeness (QED) is 0.844. The molecule has 0 spiro atoms. The molecule has 0 saturated heterocycles. The zero-order valence-electron chi connectivity index (χ0n) is 12.2. The summed E-state index contributed by atoms with van der Waals surface area (Å²) in [6.07, 6.45) is 4.42. The van der Waals surface area contributed by atoms with E-state index in [9.17, 15) is 5.11 Å². The Balaban J connectivity index is 1.63. The van der Waals surface area contributed by atoms with Gasteiger partial charge in [0.25, 0.3) is 0 Å². The molecule has 1 aromatic heterocycles. The highest BCUT2D eigenvalue weighted by atomic mass is 32.2. The van der Waals surface area contributed by atoms with Crippen LogP contribution in [0.5, 0.6) is 0 Å². The molecule has 20 heavy (non-hydrogen) atoms. The van der Waals surface area contributed by atoms with E-state index in [1.165, 1.54) is 12.8 Å². The lowest BCUT2D eigenvalue weighted by atomic mass is 9.79. The third-order valence-electron chi connectivity index (χ3n) is 4.20. The lowest BCUT2D eigenvalue weighted by Gasteiger charge is -2.45. The van der Waals surface area contributed by atoms with Gasteiger partial charge in [-0.25, -0.2) is 9.97 Å². The van der Waals surface area contributed by atoms with Gasteiger partial charge in [-0.05, 0) is 38.4 Å². The van der Waals surface area contributed by atoms with Gasteiger partial charge >= 0.3 is 0 Å². The average molecular weight is 293 g/mol. The molecule has 0 aromatic carbocycles. The van der Waals surface area contributed by atoms with Crippen molar-refractivity contribution in [2.45, 2.75) is 56.3 Å². The molecule has 3 rings (SSSR count). The lowest BCUT2D eigenvalue weighted by molar-refractivity contribution is -0.0120. The van der Waals surface area contributed by atoms with Crippen molar-refractivity contribution in [3.63, 3.8) is 0 Å². The van der Waals surface area contributed by atoms with Crippen molar-refractivity contribution in [1.29, 1.82) is 0 Å². The first-order valence-electron chi connectivity index (χ1n) is 7.54. The summed E-state index contributed by atoms with van der Waals surface area (Å²) in [7, 11) is 0. The van der Waals surface area contributed by atoms with E-state index < -0.39 is 5.60 Å². The highest BCUT2D eigenvalue weighted by Gasteiger charge is 2.45. The predicted octanol–water partition coefficient (Wildman–Crippen LogP) is 2.72. The van der Waals surface area contributed by atoms with E-state index in [-0.39, 0.29) is 0 Å². The number of hydrogen-bond donors (Lipinski definition) is 2. The van der Waals surface area contributed by atoms with E-state index in [4.69, 9.17) is 0 Å². The smallest absolute Gasteiger partial charge is 0.134 e. The highest BCUT2D eigenvalue weighted by molar-refractivity contribution is 8.00. The van der Waals surface area contributed by atoms with Crippen LogP contribution < -0.4 is 5.32 Å². The Labute approximate surface area is 124 Å². The molecule has 0 amide bonds. The molecule has 2 unspecified atom stereocenters. The number of aryl methyl sites for hydroxylation is 1. The monoisotopic (exact) mass is 293 g/mol. The van der Waals surface area contributed by atoms with Crippen molar-refractivity contribution in [3.8, 4) is 0 Å². The third kappa shape index (κ3) is 2.93. The molecule has 4 nitrogen and oxygen atoms in total. The molecule has 2 saturated carbocycles. The summed E-state index contributed by atoms with van der Waals surface area (Å²) in [6.45, 7) is 4.74. The molecule has 0 bridgehead atoms. The number of nitrogens with one attached hydrogen (secondary N) is 1. The normalized spacial score (nSPS) is 29.1. The molecule has 5 heteroatoms. The van der Waals surface area contributed by atoms with Gasteiger partial charge in [-0.1, -0.05) is 6.92 Å². The molecule has 1 heterocycles. The number of aromatic nitrogens is 2. The largest absolute Gasteiger partial charge is 0.387 e. The van der Waals surface area contributed by atoms with Crippen LogP contribution in [0.1, 0.15) is 50.0 Å². The fourth-order valence-corrected chi connectivity index (χ4v) is 3.89. The van der Waals surface area contributed by atoms with Crippen LogP contribution in [0.4, 0.5) is 5.82 Å². The Bertz CT molecular complexity index is 492. The summed E-state index contributed by atoms with van der Waals surface area (Å²) < 4.78 is 0. The number of nitrogens with zero attached hydrogens (tertiary/aromatic N) is 2. The second-order valence-corrected chi connectivity index (χ2v) is 7.45. The van der Waals surface area contributed by atoms with Gasteiger partial charge in [-0.3, -0.25) is 0 Å². The minimum Gasteiger partial charge on any atom is -0.387 e. The van der Waals surface area contributed by atoms with Crippen molar-refractivity contribution in [2.24, 2.45) is 0 Å². The molecule has 2 aliphatic carbocycles. The Morgan fingerprint density at radius 2 is 2.20 bits per heavy atom. The maximum absolute atomic E-state index is 10.6. The second kappa shape index (κ2) is 5.53. The van der Waals surface area contributed by atoms with Crippen LogP contribution in [0, 0.1) is 6.92 Å². The van der Waals surface area contributed by atoms with Gasteiger partial charge in [0, 0.05) is 29.5 Å². The zero-order valence-corrected chi connectivity index (χ0v) is 13.0. The minimum absolute atomic E-state index is 0.367. The summed E-state index contributed by atoms with van der Waals surface area (Å²) >= 11 is 1.86. The molecular weight excluding hydrogens is 270 g/mol. The van der Waals surface area contributed by atoms with Gasteiger partial charge in [-0.2, -0.15) is 11.8 Å². The van der Waals surface area contributed by atoms with Gasteiger partial charge < -0.3 is 10.4 Å². The van der Waals surface area contributed by atoms with Crippen LogP contribution >= 0.6 is 11.8 Å². The van der Waals surface area contributed by atoms with Crippen LogP contribution in [-0.4, -0.2) is 38.2 Å². The van der Waals surface area contributed by atoms with E-state index in [1.54, 1.807) is 0 Å². The van der Waals surface area contributed by atoms with Gasteiger partial charge in [0.15, 0.2) is 0 Å². The highest BCUT2D eigenvalue weighted by Crippen LogP contribution is 2.41. The molecule has 2 fully saturated rings. The number of thioether (sulfide) groups is 1. The van der Waals surface area contributed by atoms with Gasteiger partial charge in [0.2, 0.25) is 0 Å². The maximum Gasteiger partial charge on any atom is 0.134 e. The summed E-state index contributed by atoms with van der Waals surface area (Å²) in [4.78, 5) is 9.09. The maximum atomic E-state index is 10.6. The van der Waals surface area contributed by atoms with Gasteiger partial charge in [0.05, 0.1) is 5.60 Å². The minimum atomic E-state index is -0.570. The van der Waals surface area contributed by atoms with Crippen molar-refractivity contribution in [2.75, 3.05) is 17.6 Å². The topological polar surface area (TPSA) is 58.0 Å². The Kier molecular flexibility index (Phi) is 3.91. The van der Waals surface area contributed by atoms with Crippen molar-refractivity contribution < 1.29 is 5.11 Å². The molecular formula is C15H23N3OS. The molecule has 0 aliphatic heterocycles. The number of rotatable bonds is 6. The number of aliphatic hydroxyl groups is 1. The summed E-state index contributed by atoms with van der Waals surface area (Å²) in [5.74, 6) is 3.45. The molecule has 2 atom stereocenters. The van der Waals surface area contributed by atoms with Crippen LogP contribution in [0.2, 0.25) is 0 Å². The van der Waals surface area contributed by atoms with E-state index in [0.29, 0.717) is 17.7 Å². The van der Waals surface area contributed by atoms with Gasteiger partial charge in [0.1, 0.15) is 11.6 Å². The lowest BCUT2D eigenvalue weighted by Crippen LogP contribution is -2.54. The summed E-state index contributed by atoms with van der Waals surface area (Å²) in [6, 6.07) is 1.97. The number of hydrogen-bond acceptors (Lipinski definition) is 5.